The van der Waals surface area contributed by atoms with E-state index in [2.05, 4.69) is 14.2 Å². The van der Waals surface area contributed by atoms with Gasteiger partial charge in [0.25, 0.3) is 0 Å². The van der Waals surface area contributed by atoms with E-state index >= 15 is 0 Å². The van der Waals surface area contributed by atoms with Gasteiger partial charge >= 0.3 is 0 Å². The number of halogens is 2. The second-order valence-electron chi connectivity index (χ2n) is 6.36. The number of nitrogens with two attached hydrogens (primary N) is 1. The Morgan fingerprint density at radius 1 is 1.21 bits per heavy atom. The summed E-state index contributed by atoms with van der Waals surface area (Å²) in [6.07, 6.45) is 1.08. The molecule has 2 atom stereocenters. The fourth-order valence-corrected chi connectivity index (χ4v) is 3.75. The van der Waals surface area contributed by atoms with Crippen LogP contribution in [0.2, 0.25) is 5.02 Å². The quantitative estimate of drug-likeness (QED) is 0.471. The number of rotatable bonds is 5. The molecule has 1 heterocycles. The molecule has 0 aliphatic rings. The second-order valence-corrected chi connectivity index (χ2v) is 7.34. The van der Waals surface area contributed by atoms with Gasteiger partial charge < -0.3 is 10.5 Å². The molecule has 144 valence electrons. The average Bonchev–Trinajstić information content (AvgIpc) is 2.67. The van der Waals surface area contributed by atoms with Crippen molar-refractivity contribution < 1.29 is 13.9 Å². The molecule has 2 N–H and O–H groups in total. The maximum Gasteiger partial charge on any atom is 0.166 e. The van der Waals surface area contributed by atoms with E-state index in [-0.39, 0.29) is 17.4 Å². The predicted molar refractivity (Wildman–Crippen MR) is 114 cm³/mol. The number of ether oxygens (including phenoxy) is 1. The molecule has 0 fully saturated rings. The first kappa shape index (κ1) is 20.2. The molecular formula is C21H19ClFN2O2P. The fourth-order valence-electron chi connectivity index (χ4n) is 2.85. The van der Waals surface area contributed by atoms with Crippen molar-refractivity contribution >= 4 is 37.7 Å². The molecule has 0 radical (unpaired) electrons. The lowest BCUT2D eigenvalue weighted by Gasteiger charge is -2.20. The van der Waals surface area contributed by atoms with Crippen molar-refractivity contribution in [1.29, 1.82) is 0 Å². The van der Waals surface area contributed by atoms with Crippen molar-refractivity contribution in [2.75, 3.05) is 5.73 Å². The van der Waals surface area contributed by atoms with E-state index < -0.39 is 6.10 Å². The van der Waals surface area contributed by atoms with Crippen molar-refractivity contribution in [2.45, 2.75) is 20.0 Å². The van der Waals surface area contributed by atoms with Crippen molar-refractivity contribution in [3.8, 4) is 16.9 Å². The molecule has 0 aliphatic carbocycles. The van der Waals surface area contributed by atoms with Gasteiger partial charge in [-0.15, -0.1) is 9.24 Å². The Morgan fingerprint density at radius 2 is 1.89 bits per heavy atom. The molecule has 3 aromatic rings. The van der Waals surface area contributed by atoms with Gasteiger partial charge in [0.15, 0.2) is 17.4 Å². The van der Waals surface area contributed by atoms with E-state index in [9.17, 15) is 9.18 Å². The summed E-state index contributed by atoms with van der Waals surface area (Å²) in [7, 11) is 2.35. The summed E-state index contributed by atoms with van der Waals surface area (Å²) in [5.74, 6) is 0.199. The Balaban J connectivity index is 1.92. The van der Waals surface area contributed by atoms with E-state index in [0.717, 1.165) is 11.1 Å². The topological polar surface area (TPSA) is 65.2 Å². The number of hydrogen-bond acceptors (Lipinski definition) is 4. The lowest BCUT2D eigenvalue weighted by molar-refractivity contribution is 0.101. The summed E-state index contributed by atoms with van der Waals surface area (Å²) in [6.45, 7) is 3.28. The van der Waals surface area contributed by atoms with Crippen LogP contribution in [0.25, 0.3) is 11.1 Å². The number of hydrogen-bond donors (Lipinski definition) is 1. The number of ketones is 1. The first-order chi connectivity index (χ1) is 13.3. The van der Waals surface area contributed by atoms with E-state index in [1.807, 2.05) is 12.1 Å². The van der Waals surface area contributed by atoms with Gasteiger partial charge in [0.2, 0.25) is 0 Å². The van der Waals surface area contributed by atoms with Gasteiger partial charge in [0, 0.05) is 33.2 Å². The average molecular weight is 417 g/mol. The summed E-state index contributed by atoms with van der Waals surface area (Å²) in [6, 6.07) is 11.7. The minimum Gasteiger partial charge on any atom is -0.482 e. The summed E-state index contributed by atoms with van der Waals surface area (Å²) in [4.78, 5) is 15.6. The monoisotopic (exact) mass is 416 g/mol. The lowest BCUT2D eigenvalue weighted by Crippen LogP contribution is -2.15. The number of carbonyl (C=O) groups excluding carboxylic acids is 1. The minimum absolute atomic E-state index is 0.0000370. The summed E-state index contributed by atoms with van der Waals surface area (Å²) in [5, 5.41) is 0.754. The zero-order valence-corrected chi connectivity index (χ0v) is 17.3. The number of pyridine rings is 1. The molecule has 2 unspecified atom stereocenters. The van der Waals surface area contributed by atoms with Crippen LogP contribution in [0.3, 0.4) is 0 Å². The molecule has 3 rings (SSSR count). The third kappa shape index (κ3) is 4.16. The Bertz CT molecular complexity index is 1040. The molecule has 0 aliphatic heterocycles. The van der Waals surface area contributed by atoms with Crippen LogP contribution in [0.15, 0.2) is 48.7 Å². The molecule has 0 amide bonds. The van der Waals surface area contributed by atoms with Crippen LogP contribution in [0.5, 0.6) is 5.75 Å². The Morgan fingerprint density at radius 3 is 2.54 bits per heavy atom. The lowest BCUT2D eigenvalue weighted by atomic mass is 10.0. The molecule has 7 heteroatoms. The van der Waals surface area contributed by atoms with Gasteiger partial charge in [-0.25, -0.2) is 9.37 Å². The molecule has 4 nitrogen and oxygen atoms in total. The van der Waals surface area contributed by atoms with E-state index in [1.165, 1.54) is 19.1 Å². The van der Waals surface area contributed by atoms with Crippen molar-refractivity contribution in [3.05, 3.63) is 70.6 Å². The van der Waals surface area contributed by atoms with Crippen LogP contribution in [-0.4, -0.2) is 10.8 Å². The number of Topliss-reactive ketones (excluding diaryl/α,β-unsaturated/α-hetero) is 1. The Hall–Kier alpha value is -2.49. The van der Waals surface area contributed by atoms with Gasteiger partial charge in [0.1, 0.15) is 11.9 Å². The highest BCUT2D eigenvalue weighted by atomic mass is 35.5. The summed E-state index contributed by atoms with van der Waals surface area (Å²) < 4.78 is 19.9. The highest BCUT2D eigenvalue weighted by Gasteiger charge is 2.19. The number of nitrogens with zero attached hydrogens (tertiary/aromatic N) is 1. The second kappa shape index (κ2) is 8.26. The van der Waals surface area contributed by atoms with Crippen LogP contribution in [0, 0.1) is 5.82 Å². The molecule has 28 heavy (non-hydrogen) atoms. The molecule has 2 aromatic carbocycles. The fraction of sp³-hybridized carbons (Fsp3) is 0.143. The van der Waals surface area contributed by atoms with Gasteiger partial charge in [-0.05, 0) is 37.6 Å². The molecule has 0 saturated heterocycles. The highest BCUT2D eigenvalue weighted by molar-refractivity contribution is 7.27. The molecular weight excluding hydrogens is 398 g/mol. The van der Waals surface area contributed by atoms with Crippen LogP contribution >= 0.6 is 20.8 Å². The Kier molecular flexibility index (Phi) is 5.97. The zero-order valence-electron chi connectivity index (χ0n) is 15.4. The number of carbonyl (C=O) groups is 1. The van der Waals surface area contributed by atoms with Crippen LogP contribution in [0.1, 0.15) is 35.9 Å². The third-order valence-electron chi connectivity index (χ3n) is 4.40. The van der Waals surface area contributed by atoms with Gasteiger partial charge in [0.05, 0.1) is 0 Å². The van der Waals surface area contributed by atoms with Crippen LogP contribution < -0.4 is 15.8 Å². The largest absolute Gasteiger partial charge is 0.482 e. The van der Waals surface area contributed by atoms with E-state index in [4.69, 9.17) is 22.1 Å². The molecule has 0 saturated carbocycles. The van der Waals surface area contributed by atoms with Crippen molar-refractivity contribution in [1.82, 2.24) is 4.98 Å². The minimum atomic E-state index is -0.546. The molecule has 0 spiro atoms. The number of anilines is 1. The highest BCUT2D eigenvalue weighted by Crippen LogP contribution is 2.33. The van der Waals surface area contributed by atoms with Gasteiger partial charge in [-0.1, -0.05) is 35.9 Å². The maximum absolute atomic E-state index is 13.9. The van der Waals surface area contributed by atoms with E-state index in [1.54, 1.807) is 31.3 Å². The van der Waals surface area contributed by atoms with E-state index in [0.29, 0.717) is 27.2 Å². The number of benzene rings is 2. The number of aromatic nitrogens is 1. The summed E-state index contributed by atoms with van der Waals surface area (Å²) >= 11 is 6.24. The Labute approximate surface area is 170 Å². The maximum atomic E-state index is 13.9. The first-order valence-corrected chi connectivity index (χ1v) is 9.50. The molecule has 0 bridgehead atoms. The number of nitrogen functional groups attached to an aromatic ring is 1. The SMILES string of the molecule is CC(=O)c1ccc(-c2cnc(N)c(OC(C)c3c(Cl)ccc(F)c3P)c2)cc1. The van der Waals surface area contributed by atoms with Crippen molar-refractivity contribution in [3.63, 3.8) is 0 Å². The normalized spacial score (nSPS) is 11.9. The van der Waals surface area contributed by atoms with Crippen LogP contribution in [-0.2, 0) is 0 Å². The standard InChI is InChI=1S/C21H19ClFN2O2P/c1-11(26)13-3-5-14(6-4-13)15-9-18(21(24)25-10-15)27-12(2)19-16(22)7-8-17(23)20(19)28/h3-10,12H,28H2,1-2H3,(H2,24,25). The zero-order chi connectivity index (χ0) is 20.4. The summed E-state index contributed by atoms with van der Waals surface area (Å²) in [5.41, 5.74) is 8.78. The van der Waals surface area contributed by atoms with Crippen LogP contribution in [0.4, 0.5) is 10.2 Å². The third-order valence-corrected chi connectivity index (χ3v) is 5.31. The smallest absolute Gasteiger partial charge is 0.166 e. The predicted octanol–water partition coefficient (Wildman–Crippen LogP) is 4.97. The van der Waals surface area contributed by atoms with Gasteiger partial charge in [-0.3, -0.25) is 4.79 Å². The molecule has 1 aromatic heterocycles. The first-order valence-electron chi connectivity index (χ1n) is 8.55. The van der Waals surface area contributed by atoms with Gasteiger partial charge in [-0.2, -0.15) is 0 Å². The van der Waals surface area contributed by atoms with Crippen molar-refractivity contribution in [2.24, 2.45) is 0 Å².